The first kappa shape index (κ1) is 17.1. The molecular weight excluding hydrogens is 342 g/mol. The largest absolute Gasteiger partial charge is 0.487 e. The Morgan fingerprint density at radius 3 is 2.74 bits per heavy atom. The molecular formula is C22H19NO4. The lowest BCUT2D eigenvalue weighted by molar-refractivity contribution is 0.301. The molecule has 2 heterocycles. The van der Waals surface area contributed by atoms with E-state index in [4.69, 9.17) is 13.6 Å². The normalized spacial score (nSPS) is 11.0. The van der Waals surface area contributed by atoms with Crippen molar-refractivity contribution in [1.82, 2.24) is 4.98 Å². The summed E-state index contributed by atoms with van der Waals surface area (Å²) in [5.41, 5.74) is 2.80. The van der Waals surface area contributed by atoms with Crippen LogP contribution in [0.3, 0.4) is 0 Å². The van der Waals surface area contributed by atoms with Gasteiger partial charge in [-0.05, 0) is 36.2 Å². The van der Waals surface area contributed by atoms with Crippen molar-refractivity contribution < 1.29 is 13.6 Å². The average Bonchev–Trinajstić information content (AvgIpc) is 3.16. The van der Waals surface area contributed by atoms with Gasteiger partial charge in [-0.25, -0.2) is 9.78 Å². The van der Waals surface area contributed by atoms with Crippen molar-refractivity contribution in [2.24, 2.45) is 0 Å². The van der Waals surface area contributed by atoms with Gasteiger partial charge in [-0.1, -0.05) is 31.5 Å². The van der Waals surface area contributed by atoms with Gasteiger partial charge in [0, 0.05) is 23.1 Å². The third-order valence-corrected chi connectivity index (χ3v) is 4.28. The van der Waals surface area contributed by atoms with E-state index in [-0.39, 0.29) is 12.2 Å². The average molecular weight is 361 g/mol. The number of fused-ring (bicyclic) bond motifs is 1. The van der Waals surface area contributed by atoms with E-state index in [1.165, 1.54) is 0 Å². The molecule has 136 valence electrons. The SMILES string of the molecule is CCCc1cc(=O)oc2cc(OCc3coc(-c4ccccc4)n3)ccc12. The summed E-state index contributed by atoms with van der Waals surface area (Å²) in [7, 11) is 0. The fourth-order valence-corrected chi connectivity index (χ4v) is 3.02. The molecule has 0 spiro atoms. The van der Waals surface area contributed by atoms with Crippen molar-refractivity contribution in [3.05, 3.63) is 82.5 Å². The Kier molecular flexibility index (Phi) is 4.75. The smallest absolute Gasteiger partial charge is 0.336 e. The molecule has 0 radical (unpaired) electrons. The molecule has 0 fully saturated rings. The van der Waals surface area contributed by atoms with Crippen molar-refractivity contribution >= 4 is 11.0 Å². The van der Waals surface area contributed by atoms with Gasteiger partial charge in [-0.3, -0.25) is 0 Å². The fraction of sp³-hybridized carbons (Fsp3) is 0.182. The summed E-state index contributed by atoms with van der Waals surface area (Å²) in [6, 6.07) is 16.8. The molecule has 0 saturated carbocycles. The van der Waals surface area contributed by atoms with E-state index in [1.54, 1.807) is 18.4 Å². The van der Waals surface area contributed by atoms with Crippen molar-refractivity contribution in [2.45, 2.75) is 26.4 Å². The summed E-state index contributed by atoms with van der Waals surface area (Å²) >= 11 is 0. The van der Waals surface area contributed by atoms with Gasteiger partial charge in [0.15, 0.2) is 0 Å². The van der Waals surface area contributed by atoms with Crippen LogP contribution < -0.4 is 10.4 Å². The minimum atomic E-state index is -0.341. The Hall–Kier alpha value is -3.34. The van der Waals surface area contributed by atoms with Crippen LogP contribution in [0.2, 0.25) is 0 Å². The van der Waals surface area contributed by atoms with Gasteiger partial charge >= 0.3 is 5.63 Å². The van der Waals surface area contributed by atoms with Crippen LogP contribution in [0, 0.1) is 0 Å². The highest BCUT2D eigenvalue weighted by Gasteiger charge is 2.09. The third kappa shape index (κ3) is 3.77. The van der Waals surface area contributed by atoms with Gasteiger partial charge < -0.3 is 13.6 Å². The van der Waals surface area contributed by atoms with Gasteiger partial charge in [0.05, 0.1) is 0 Å². The van der Waals surface area contributed by atoms with E-state index in [9.17, 15) is 4.79 Å². The molecule has 27 heavy (non-hydrogen) atoms. The summed E-state index contributed by atoms with van der Waals surface area (Å²) < 4.78 is 16.7. The second-order valence-electron chi connectivity index (χ2n) is 6.30. The number of hydrogen-bond donors (Lipinski definition) is 0. The van der Waals surface area contributed by atoms with E-state index in [2.05, 4.69) is 11.9 Å². The molecule has 0 amide bonds. The highest BCUT2D eigenvalue weighted by Crippen LogP contribution is 2.24. The van der Waals surface area contributed by atoms with Gasteiger partial charge in [-0.15, -0.1) is 0 Å². The summed E-state index contributed by atoms with van der Waals surface area (Å²) in [6.07, 6.45) is 3.39. The van der Waals surface area contributed by atoms with Crippen LogP contribution in [-0.2, 0) is 13.0 Å². The Labute approximate surface area is 156 Å². The minimum Gasteiger partial charge on any atom is -0.487 e. The molecule has 5 nitrogen and oxygen atoms in total. The van der Waals surface area contributed by atoms with Gasteiger partial charge in [0.25, 0.3) is 0 Å². The lowest BCUT2D eigenvalue weighted by Gasteiger charge is -2.07. The molecule has 2 aromatic heterocycles. The van der Waals surface area contributed by atoms with E-state index >= 15 is 0 Å². The van der Waals surface area contributed by atoms with Crippen molar-refractivity contribution in [3.8, 4) is 17.2 Å². The standard InChI is InChI=1S/C22H19NO4/c1-2-6-16-11-21(24)27-20-12-18(9-10-19(16)20)25-13-17-14-26-22(23-17)15-7-4-3-5-8-15/h3-5,7-12,14H,2,6,13H2,1H3. The zero-order chi connectivity index (χ0) is 18.6. The Morgan fingerprint density at radius 1 is 1.07 bits per heavy atom. The summed E-state index contributed by atoms with van der Waals surface area (Å²) in [5.74, 6) is 1.17. The van der Waals surface area contributed by atoms with E-state index in [0.717, 1.165) is 29.4 Å². The van der Waals surface area contributed by atoms with E-state index < -0.39 is 0 Å². The number of aryl methyl sites for hydroxylation is 1. The zero-order valence-corrected chi connectivity index (χ0v) is 15.0. The van der Waals surface area contributed by atoms with Crippen LogP contribution in [-0.4, -0.2) is 4.98 Å². The molecule has 2 aromatic carbocycles. The van der Waals surface area contributed by atoms with Crippen LogP contribution in [0.25, 0.3) is 22.4 Å². The van der Waals surface area contributed by atoms with Crippen molar-refractivity contribution in [2.75, 3.05) is 0 Å². The number of aromatic nitrogens is 1. The first-order chi connectivity index (χ1) is 13.2. The quantitative estimate of drug-likeness (QED) is 0.453. The number of benzene rings is 2. The molecule has 0 bridgehead atoms. The Bertz CT molecular complexity index is 1110. The van der Waals surface area contributed by atoms with Crippen molar-refractivity contribution in [1.29, 1.82) is 0 Å². The van der Waals surface area contributed by atoms with Gasteiger partial charge in [0.2, 0.25) is 5.89 Å². The predicted octanol–water partition coefficient (Wildman–Crippen LogP) is 4.98. The maximum Gasteiger partial charge on any atom is 0.336 e. The van der Waals surface area contributed by atoms with E-state index in [0.29, 0.717) is 22.9 Å². The monoisotopic (exact) mass is 361 g/mol. The minimum absolute atomic E-state index is 0.265. The molecule has 0 saturated heterocycles. The van der Waals surface area contributed by atoms with Crippen LogP contribution in [0.5, 0.6) is 5.75 Å². The Morgan fingerprint density at radius 2 is 1.93 bits per heavy atom. The van der Waals surface area contributed by atoms with Crippen LogP contribution >= 0.6 is 0 Å². The van der Waals surface area contributed by atoms with Gasteiger partial charge in [0.1, 0.15) is 29.9 Å². The zero-order valence-electron chi connectivity index (χ0n) is 15.0. The first-order valence-corrected chi connectivity index (χ1v) is 8.92. The van der Waals surface area contributed by atoms with Crippen LogP contribution in [0.4, 0.5) is 0 Å². The second kappa shape index (κ2) is 7.50. The van der Waals surface area contributed by atoms with Crippen LogP contribution in [0.1, 0.15) is 24.6 Å². The predicted molar refractivity (Wildman–Crippen MR) is 103 cm³/mol. The fourth-order valence-electron chi connectivity index (χ4n) is 3.02. The summed E-state index contributed by atoms with van der Waals surface area (Å²) in [6.45, 7) is 2.35. The number of hydrogen-bond acceptors (Lipinski definition) is 5. The summed E-state index contributed by atoms with van der Waals surface area (Å²) in [4.78, 5) is 16.2. The number of ether oxygens (including phenoxy) is 1. The number of nitrogens with zero attached hydrogens (tertiary/aromatic N) is 1. The molecule has 0 aliphatic heterocycles. The van der Waals surface area contributed by atoms with E-state index in [1.807, 2.05) is 42.5 Å². The molecule has 0 aliphatic rings. The molecule has 0 aliphatic carbocycles. The molecule has 0 N–H and O–H groups in total. The maximum absolute atomic E-state index is 11.8. The summed E-state index contributed by atoms with van der Waals surface area (Å²) in [5, 5.41) is 0.941. The Balaban J connectivity index is 1.52. The lowest BCUT2D eigenvalue weighted by Crippen LogP contribution is -2.01. The molecule has 0 unspecified atom stereocenters. The van der Waals surface area contributed by atoms with Gasteiger partial charge in [-0.2, -0.15) is 0 Å². The number of oxazole rings is 1. The molecule has 4 aromatic rings. The molecule has 0 atom stereocenters. The maximum atomic E-state index is 11.8. The first-order valence-electron chi connectivity index (χ1n) is 8.92. The van der Waals surface area contributed by atoms with Crippen molar-refractivity contribution in [3.63, 3.8) is 0 Å². The highest BCUT2D eigenvalue weighted by molar-refractivity contribution is 5.81. The second-order valence-corrected chi connectivity index (χ2v) is 6.30. The topological polar surface area (TPSA) is 65.5 Å². The highest BCUT2D eigenvalue weighted by atomic mass is 16.5. The molecule has 5 heteroatoms. The number of rotatable bonds is 6. The van der Waals surface area contributed by atoms with Crippen LogP contribution in [0.15, 0.2) is 74.5 Å². The lowest BCUT2D eigenvalue weighted by atomic mass is 10.1. The third-order valence-electron chi connectivity index (χ3n) is 4.28. The molecule has 4 rings (SSSR count).